The highest BCUT2D eigenvalue weighted by atomic mass is 16.7. The number of carbonyl (C=O) groups excluding carboxylic acids is 1. The topological polar surface area (TPSA) is 142 Å². The average molecular weight is 525 g/mol. The lowest BCUT2D eigenvalue weighted by Crippen LogP contribution is -2.42. The molecule has 0 saturated heterocycles. The van der Waals surface area contributed by atoms with E-state index in [2.05, 4.69) is 5.10 Å². The lowest BCUT2D eigenvalue weighted by molar-refractivity contribution is -0.185. The molecule has 2 rings (SSSR count). The van der Waals surface area contributed by atoms with E-state index in [0.29, 0.717) is 6.42 Å². The predicted molar refractivity (Wildman–Crippen MR) is 135 cm³/mol. The molecule has 0 aliphatic heterocycles. The van der Waals surface area contributed by atoms with E-state index in [1.807, 2.05) is 63.6 Å². The summed E-state index contributed by atoms with van der Waals surface area (Å²) < 4.78 is 28.8. The molecule has 0 saturated carbocycles. The molecule has 3 N–H and O–H groups in total. The molecule has 0 fully saturated rings. The molecule has 0 amide bonds. The van der Waals surface area contributed by atoms with Gasteiger partial charge in [-0.25, -0.2) is 4.79 Å². The van der Waals surface area contributed by atoms with Crippen molar-refractivity contribution in [2.45, 2.75) is 78.6 Å². The van der Waals surface area contributed by atoms with Crippen molar-refractivity contribution in [3.8, 4) is 11.6 Å². The van der Waals surface area contributed by atoms with E-state index in [1.165, 1.54) is 0 Å². The monoisotopic (exact) mass is 524 g/mol. The number of aliphatic hydroxyl groups excluding tert-OH is 3. The van der Waals surface area contributed by atoms with Gasteiger partial charge in [-0.3, -0.25) is 4.68 Å². The maximum Gasteiger partial charge on any atom is 0.508 e. The Bertz CT molecular complexity index is 960. The summed E-state index contributed by atoms with van der Waals surface area (Å²) in [6.45, 7) is 9.93. The van der Waals surface area contributed by atoms with Crippen molar-refractivity contribution >= 4 is 6.16 Å². The number of aromatic nitrogens is 2. The third-order valence-corrected chi connectivity index (χ3v) is 5.36. The molecule has 11 heteroatoms. The summed E-state index contributed by atoms with van der Waals surface area (Å²) in [4.78, 5) is 11.6. The van der Waals surface area contributed by atoms with Gasteiger partial charge < -0.3 is 39.0 Å². The summed E-state index contributed by atoms with van der Waals surface area (Å²) in [5, 5.41) is 34.1. The number of nitrogens with zero attached hydrogens (tertiary/aromatic N) is 2. The minimum atomic E-state index is -1.40. The van der Waals surface area contributed by atoms with Crippen LogP contribution in [0.4, 0.5) is 4.79 Å². The van der Waals surface area contributed by atoms with E-state index in [1.54, 1.807) is 6.92 Å². The number of benzene rings is 1. The van der Waals surface area contributed by atoms with Crippen LogP contribution in [0.2, 0.25) is 0 Å². The zero-order valence-electron chi connectivity index (χ0n) is 22.4. The van der Waals surface area contributed by atoms with Crippen molar-refractivity contribution in [2.75, 3.05) is 26.4 Å². The van der Waals surface area contributed by atoms with Gasteiger partial charge in [-0.05, 0) is 59.2 Å². The van der Waals surface area contributed by atoms with Crippen LogP contribution < -0.4 is 9.47 Å². The normalized spacial score (nSPS) is 13.9. The van der Waals surface area contributed by atoms with Crippen LogP contribution in [0.15, 0.2) is 24.3 Å². The zero-order chi connectivity index (χ0) is 27.5. The number of aliphatic hydroxyl groups is 3. The highest BCUT2D eigenvalue weighted by Crippen LogP contribution is 2.28. The lowest BCUT2D eigenvalue weighted by atomic mass is 10.1. The van der Waals surface area contributed by atoms with E-state index in [4.69, 9.17) is 23.7 Å². The van der Waals surface area contributed by atoms with Crippen molar-refractivity contribution < 1.29 is 43.8 Å². The van der Waals surface area contributed by atoms with Gasteiger partial charge in [0.2, 0.25) is 12.2 Å². The van der Waals surface area contributed by atoms with Gasteiger partial charge in [0, 0.05) is 23.7 Å². The molecule has 208 valence electrons. The highest BCUT2D eigenvalue weighted by molar-refractivity contribution is 5.59. The summed E-state index contributed by atoms with van der Waals surface area (Å²) in [7, 11) is 0. The van der Waals surface area contributed by atoms with Crippen molar-refractivity contribution in [2.24, 2.45) is 0 Å². The Hall–Kier alpha value is -2.86. The van der Waals surface area contributed by atoms with Gasteiger partial charge in [-0.15, -0.1) is 5.10 Å². The SMILES string of the molecule is CCOC(=O)OCC(OC(CO)Oc1nn(C(C)C)c(C)c1Cc1ccc(OC(C)C)cc1)C(O)CO. The molecule has 0 aliphatic rings. The minimum absolute atomic E-state index is 0.0494. The molecular formula is C26H40N2O9. The zero-order valence-corrected chi connectivity index (χ0v) is 22.4. The van der Waals surface area contributed by atoms with Gasteiger partial charge in [0.1, 0.15) is 31.2 Å². The molecule has 1 heterocycles. The van der Waals surface area contributed by atoms with Crippen LogP contribution in [0, 0.1) is 6.92 Å². The molecule has 0 bridgehead atoms. The standard InChI is InChI=1S/C26H40N2O9/c1-7-33-26(32)34-15-23(22(31)13-29)36-24(14-30)37-25-21(18(6)28(27-25)16(2)3)12-19-8-10-20(11-9-19)35-17(4)5/h8-11,16-17,22-24,29-31H,7,12-15H2,1-6H3. The number of rotatable bonds is 15. The van der Waals surface area contributed by atoms with Gasteiger partial charge in [-0.2, -0.15) is 0 Å². The Morgan fingerprint density at radius 2 is 1.70 bits per heavy atom. The molecule has 2 aromatic rings. The van der Waals surface area contributed by atoms with E-state index >= 15 is 0 Å². The molecule has 37 heavy (non-hydrogen) atoms. The predicted octanol–water partition coefficient (Wildman–Crippen LogP) is 2.76. The molecule has 11 nitrogen and oxygen atoms in total. The summed E-state index contributed by atoms with van der Waals surface area (Å²) in [6, 6.07) is 7.79. The number of hydrogen-bond donors (Lipinski definition) is 3. The Morgan fingerprint density at radius 3 is 2.24 bits per heavy atom. The maximum atomic E-state index is 11.6. The molecule has 0 radical (unpaired) electrons. The van der Waals surface area contributed by atoms with Crippen LogP contribution in [-0.4, -0.2) is 82.3 Å². The summed E-state index contributed by atoms with van der Waals surface area (Å²) in [5.41, 5.74) is 2.70. The minimum Gasteiger partial charge on any atom is -0.491 e. The lowest BCUT2D eigenvalue weighted by Gasteiger charge is -2.26. The van der Waals surface area contributed by atoms with Gasteiger partial charge in [0.25, 0.3) is 0 Å². The Labute approximate surface area is 217 Å². The highest BCUT2D eigenvalue weighted by Gasteiger charge is 2.28. The molecule has 0 aliphatic carbocycles. The fraction of sp³-hybridized carbons (Fsp3) is 0.615. The second-order valence-corrected chi connectivity index (χ2v) is 9.04. The van der Waals surface area contributed by atoms with Crippen molar-refractivity contribution in [1.29, 1.82) is 0 Å². The van der Waals surface area contributed by atoms with Gasteiger partial charge in [-0.1, -0.05) is 12.1 Å². The summed E-state index contributed by atoms with van der Waals surface area (Å²) >= 11 is 0. The smallest absolute Gasteiger partial charge is 0.491 e. The van der Waals surface area contributed by atoms with Crippen molar-refractivity contribution in [1.82, 2.24) is 9.78 Å². The van der Waals surface area contributed by atoms with Crippen LogP contribution in [-0.2, 0) is 20.6 Å². The number of carbonyl (C=O) groups is 1. The first-order valence-electron chi connectivity index (χ1n) is 12.4. The first kappa shape index (κ1) is 30.4. The van der Waals surface area contributed by atoms with Crippen LogP contribution in [0.5, 0.6) is 11.6 Å². The van der Waals surface area contributed by atoms with Crippen LogP contribution >= 0.6 is 0 Å². The maximum absolute atomic E-state index is 11.6. The number of ether oxygens (including phenoxy) is 5. The second kappa shape index (κ2) is 14.8. The fourth-order valence-corrected chi connectivity index (χ4v) is 3.59. The molecular weight excluding hydrogens is 484 g/mol. The van der Waals surface area contributed by atoms with E-state index < -0.39 is 44.5 Å². The molecule has 1 aromatic heterocycles. The molecule has 3 atom stereocenters. The third-order valence-electron chi connectivity index (χ3n) is 5.36. The summed E-state index contributed by atoms with van der Waals surface area (Å²) in [5.74, 6) is 1.04. The second-order valence-electron chi connectivity index (χ2n) is 9.04. The quantitative estimate of drug-likeness (QED) is 0.235. The first-order chi connectivity index (χ1) is 17.6. The average Bonchev–Trinajstić information content (AvgIpc) is 3.16. The van der Waals surface area contributed by atoms with E-state index in [-0.39, 0.29) is 24.6 Å². The molecule has 1 aromatic carbocycles. The third kappa shape index (κ3) is 9.19. The van der Waals surface area contributed by atoms with Gasteiger partial charge >= 0.3 is 6.16 Å². The van der Waals surface area contributed by atoms with Crippen molar-refractivity contribution in [3.05, 3.63) is 41.1 Å². The van der Waals surface area contributed by atoms with Crippen LogP contribution in [0.3, 0.4) is 0 Å². The molecule has 0 spiro atoms. The van der Waals surface area contributed by atoms with Gasteiger partial charge in [0.15, 0.2) is 0 Å². The van der Waals surface area contributed by atoms with E-state index in [0.717, 1.165) is 22.6 Å². The largest absolute Gasteiger partial charge is 0.508 e. The van der Waals surface area contributed by atoms with Crippen LogP contribution in [0.1, 0.15) is 57.5 Å². The fourth-order valence-electron chi connectivity index (χ4n) is 3.59. The van der Waals surface area contributed by atoms with Crippen molar-refractivity contribution in [3.63, 3.8) is 0 Å². The van der Waals surface area contributed by atoms with Crippen LogP contribution in [0.25, 0.3) is 0 Å². The Kier molecular flexibility index (Phi) is 12.1. The first-order valence-corrected chi connectivity index (χ1v) is 12.4. The molecule has 3 unspecified atom stereocenters. The summed E-state index contributed by atoms with van der Waals surface area (Å²) in [6.07, 6.45) is -4.20. The number of hydrogen-bond acceptors (Lipinski definition) is 10. The Balaban J connectivity index is 2.24. The van der Waals surface area contributed by atoms with Gasteiger partial charge in [0.05, 0.1) is 19.3 Å². The van der Waals surface area contributed by atoms with E-state index in [9.17, 15) is 20.1 Å². The Morgan fingerprint density at radius 1 is 1.03 bits per heavy atom.